The van der Waals surface area contributed by atoms with Crippen molar-refractivity contribution in [1.82, 2.24) is 15.1 Å². The third kappa shape index (κ3) is 3.25. The van der Waals surface area contributed by atoms with Gasteiger partial charge < -0.3 is 9.73 Å². The molecule has 2 aromatic heterocycles. The highest BCUT2D eigenvalue weighted by Crippen LogP contribution is 2.22. The molecule has 0 spiro atoms. The Balaban J connectivity index is 2.06. The molecule has 0 radical (unpaired) electrons. The molecule has 0 aliphatic heterocycles. The summed E-state index contributed by atoms with van der Waals surface area (Å²) >= 11 is 0. The molecule has 5 nitrogen and oxygen atoms in total. The quantitative estimate of drug-likeness (QED) is 0.773. The number of amides is 1. The first-order valence-electron chi connectivity index (χ1n) is 8.10. The van der Waals surface area contributed by atoms with E-state index in [0.717, 1.165) is 17.7 Å². The van der Waals surface area contributed by atoms with E-state index in [2.05, 4.69) is 10.4 Å². The molecule has 1 atom stereocenters. The van der Waals surface area contributed by atoms with Crippen LogP contribution in [0.2, 0.25) is 0 Å². The van der Waals surface area contributed by atoms with E-state index in [0.29, 0.717) is 17.1 Å². The average Bonchev–Trinajstić information content (AvgIpc) is 3.23. The van der Waals surface area contributed by atoms with E-state index < -0.39 is 0 Å². The minimum absolute atomic E-state index is 0.102. The molecular formula is C19H21N3O2. The Morgan fingerprint density at radius 1 is 1.29 bits per heavy atom. The molecule has 0 bridgehead atoms. The van der Waals surface area contributed by atoms with E-state index in [4.69, 9.17) is 4.42 Å². The number of hydrogen-bond donors (Lipinski definition) is 1. The largest absolute Gasteiger partial charge is 0.463 e. The third-order valence-electron chi connectivity index (χ3n) is 3.95. The van der Waals surface area contributed by atoms with Crippen molar-refractivity contribution in [3.8, 4) is 17.1 Å². The van der Waals surface area contributed by atoms with Gasteiger partial charge in [-0.2, -0.15) is 5.10 Å². The second kappa shape index (κ2) is 6.74. The lowest BCUT2D eigenvalue weighted by molar-refractivity contribution is 0.0931. The summed E-state index contributed by atoms with van der Waals surface area (Å²) < 4.78 is 7.09. The Kier molecular flexibility index (Phi) is 4.51. The van der Waals surface area contributed by atoms with Crippen LogP contribution in [0.1, 0.15) is 36.3 Å². The lowest BCUT2D eigenvalue weighted by atomic mass is 10.2. The first kappa shape index (κ1) is 16.1. The van der Waals surface area contributed by atoms with Gasteiger partial charge in [-0.3, -0.25) is 4.79 Å². The van der Waals surface area contributed by atoms with E-state index in [1.54, 1.807) is 23.1 Å². The zero-order chi connectivity index (χ0) is 17.1. The minimum atomic E-state index is -0.142. The van der Waals surface area contributed by atoms with Crippen molar-refractivity contribution in [3.05, 3.63) is 60.0 Å². The van der Waals surface area contributed by atoms with Gasteiger partial charge in [0, 0.05) is 12.1 Å². The molecule has 5 heteroatoms. The fourth-order valence-electron chi connectivity index (χ4n) is 2.44. The highest BCUT2D eigenvalue weighted by Gasteiger charge is 2.19. The summed E-state index contributed by atoms with van der Waals surface area (Å²) in [4.78, 5) is 12.7. The van der Waals surface area contributed by atoms with Crippen molar-refractivity contribution < 1.29 is 9.21 Å². The van der Waals surface area contributed by atoms with Crippen molar-refractivity contribution in [2.75, 3.05) is 0 Å². The fraction of sp³-hybridized carbons (Fsp3) is 0.263. The lowest BCUT2D eigenvalue weighted by Crippen LogP contribution is -2.33. The number of aromatic nitrogens is 2. The van der Waals surface area contributed by atoms with Crippen LogP contribution in [-0.4, -0.2) is 21.7 Å². The van der Waals surface area contributed by atoms with Crippen LogP contribution in [0.25, 0.3) is 17.1 Å². The Morgan fingerprint density at radius 2 is 2.12 bits per heavy atom. The summed E-state index contributed by atoms with van der Waals surface area (Å²) in [7, 11) is 0. The van der Waals surface area contributed by atoms with Gasteiger partial charge in [-0.15, -0.1) is 0 Å². The molecule has 0 aliphatic rings. The SMILES string of the molecule is CC[C@H](C)NC(=O)c1cc(-c2ccco2)nn1-c1cccc(C)c1. The number of carbonyl (C=O) groups is 1. The molecule has 0 aliphatic carbocycles. The second-order valence-electron chi connectivity index (χ2n) is 5.93. The number of aryl methyl sites for hydroxylation is 1. The molecule has 124 valence electrons. The van der Waals surface area contributed by atoms with Crippen LogP contribution in [-0.2, 0) is 0 Å². The molecule has 1 N–H and O–H groups in total. The topological polar surface area (TPSA) is 60.1 Å². The predicted molar refractivity (Wildman–Crippen MR) is 93.2 cm³/mol. The highest BCUT2D eigenvalue weighted by molar-refractivity contribution is 5.94. The summed E-state index contributed by atoms with van der Waals surface area (Å²) in [6.07, 6.45) is 2.47. The van der Waals surface area contributed by atoms with Crippen LogP contribution in [0.3, 0.4) is 0 Å². The van der Waals surface area contributed by atoms with Crippen LogP contribution in [0, 0.1) is 6.92 Å². The maximum Gasteiger partial charge on any atom is 0.270 e. The maximum absolute atomic E-state index is 12.7. The van der Waals surface area contributed by atoms with Gasteiger partial charge in [0.25, 0.3) is 5.91 Å². The van der Waals surface area contributed by atoms with E-state index in [-0.39, 0.29) is 11.9 Å². The Hall–Kier alpha value is -2.82. The first-order chi connectivity index (χ1) is 11.6. The van der Waals surface area contributed by atoms with Crippen molar-refractivity contribution in [3.63, 3.8) is 0 Å². The second-order valence-corrected chi connectivity index (χ2v) is 5.93. The number of hydrogen-bond acceptors (Lipinski definition) is 3. The van der Waals surface area contributed by atoms with Gasteiger partial charge in [-0.1, -0.05) is 19.1 Å². The number of nitrogens with zero attached hydrogens (tertiary/aromatic N) is 2. The molecule has 0 saturated heterocycles. The summed E-state index contributed by atoms with van der Waals surface area (Å²) in [5, 5.41) is 7.58. The van der Waals surface area contributed by atoms with Crippen molar-refractivity contribution in [1.29, 1.82) is 0 Å². The van der Waals surface area contributed by atoms with Crippen molar-refractivity contribution in [2.24, 2.45) is 0 Å². The van der Waals surface area contributed by atoms with Crippen LogP contribution in [0.5, 0.6) is 0 Å². The number of nitrogens with one attached hydrogen (secondary N) is 1. The summed E-state index contributed by atoms with van der Waals surface area (Å²) in [5.74, 6) is 0.496. The molecule has 0 fully saturated rings. The van der Waals surface area contributed by atoms with Gasteiger partial charge in [-0.05, 0) is 50.1 Å². The molecule has 0 saturated carbocycles. The van der Waals surface area contributed by atoms with Gasteiger partial charge in [0.1, 0.15) is 11.4 Å². The number of furan rings is 1. The summed E-state index contributed by atoms with van der Waals surface area (Å²) in [5.41, 5.74) is 3.08. The van der Waals surface area contributed by atoms with Crippen LogP contribution in [0.15, 0.2) is 53.1 Å². The standard InChI is InChI=1S/C19H21N3O2/c1-4-14(3)20-19(23)17-12-16(18-9-6-10-24-18)21-22(17)15-8-5-7-13(2)11-15/h5-12,14H,4H2,1-3H3,(H,20,23)/t14-/m0/s1. The van der Waals surface area contributed by atoms with Gasteiger partial charge in [-0.25, -0.2) is 4.68 Å². The first-order valence-corrected chi connectivity index (χ1v) is 8.10. The van der Waals surface area contributed by atoms with E-state index in [1.165, 1.54) is 0 Å². The van der Waals surface area contributed by atoms with E-state index in [9.17, 15) is 4.79 Å². The summed E-state index contributed by atoms with van der Waals surface area (Å²) in [6, 6.07) is 13.4. The van der Waals surface area contributed by atoms with E-state index >= 15 is 0 Å². The van der Waals surface area contributed by atoms with Crippen LogP contribution >= 0.6 is 0 Å². The monoisotopic (exact) mass is 323 g/mol. The van der Waals surface area contributed by atoms with Crippen LogP contribution in [0.4, 0.5) is 0 Å². The lowest BCUT2D eigenvalue weighted by Gasteiger charge is -2.12. The number of carbonyl (C=O) groups excluding carboxylic acids is 1. The Bertz CT molecular complexity index is 834. The maximum atomic E-state index is 12.7. The highest BCUT2D eigenvalue weighted by atomic mass is 16.3. The Morgan fingerprint density at radius 3 is 2.79 bits per heavy atom. The average molecular weight is 323 g/mol. The van der Waals surface area contributed by atoms with Gasteiger partial charge in [0.15, 0.2) is 5.76 Å². The molecule has 2 heterocycles. The minimum Gasteiger partial charge on any atom is -0.463 e. The summed E-state index contributed by atoms with van der Waals surface area (Å²) in [6.45, 7) is 6.04. The molecule has 0 unspecified atom stereocenters. The smallest absolute Gasteiger partial charge is 0.270 e. The van der Waals surface area contributed by atoms with Crippen LogP contribution < -0.4 is 5.32 Å². The molecule has 1 amide bonds. The van der Waals surface area contributed by atoms with Crippen molar-refractivity contribution >= 4 is 5.91 Å². The van der Waals surface area contributed by atoms with Gasteiger partial charge >= 0.3 is 0 Å². The number of rotatable bonds is 5. The molecule has 3 rings (SSSR count). The molecule has 24 heavy (non-hydrogen) atoms. The van der Waals surface area contributed by atoms with Crippen molar-refractivity contribution in [2.45, 2.75) is 33.2 Å². The number of benzene rings is 1. The molecular weight excluding hydrogens is 302 g/mol. The van der Waals surface area contributed by atoms with E-state index in [1.807, 2.05) is 51.1 Å². The third-order valence-corrected chi connectivity index (χ3v) is 3.95. The van der Waals surface area contributed by atoms with Gasteiger partial charge in [0.05, 0.1) is 12.0 Å². The predicted octanol–water partition coefficient (Wildman–Crippen LogP) is 3.97. The Labute approximate surface area is 141 Å². The fourth-order valence-corrected chi connectivity index (χ4v) is 2.44. The zero-order valence-corrected chi connectivity index (χ0v) is 14.1. The molecule has 1 aromatic carbocycles. The van der Waals surface area contributed by atoms with Gasteiger partial charge in [0.2, 0.25) is 0 Å². The molecule has 3 aromatic rings. The zero-order valence-electron chi connectivity index (χ0n) is 14.1. The normalized spacial score (nSPS) is 12.1.